The third-order valence-electron chi connectivity index (χ3n) is 3.23. The van der Waals surface area contributed by atoms with Crippen LogP contribution >= 0.6 is 0 Å². The minimum Gasteiger partial charge on any atom is -0.467 e. The van der Waals surface area contributed by atoms with Crippen LogP contribution in [0.3, 0.4) is 0 Å². The van der Waals surface area contributed by atoms with Crippen molar-refractivity contribution in [3.05, 3.63) is 0 Å². The first-order chi connectivity index (χ1) is 7.88. The van der Waals surface area contributed by atoms with Crippen molar-refractivity contribution in [3.63, 3.8) is 0 Å². The van der Waals surface area contributed by atoms with Gasteiger partial charge in [-0.2, -0.15) is 0 Å². The van der Waals surface area contributed by atoms with Crippen molar-refractivity contribution in [1.29, 1.82) is 0 Å². The number of esters is 1. The van der Waals surface area contributed by atoms with Crippen molar-refractivity contribution in [2.24, 2.45) is 11.3 Å². The summed E-state index contributed by atoms with van der Waals surface area (Å²) in [5.41, 5.74) is 0.781. The van der Waals surface area contributed by atoms with Gasteiger partial charge in [0.2, 0.25) is 11.8 Å². The average Bonchev–Trinajstić information content (AvgIpc) is 2.64. The average molecular weight is 243 g/mol. The van der Waals surface area contributed by atoms with Gasteiger partial charge in [-0.1, -0.05) is 0 Å². The normalized spacial score (nSPS) is 25.6. The largest absolute Gasteiger partial charge is 0.467 e. The van der Waals surface area contributed by atoms with Crippen molar-refractivity contribution < 1.29 is 19.1 Å². The fourth-order valence-electron chi connectivity index (χ4n) is 1.91. The molecule has 0 spiro atoms. The van der Waals surface area contributed by atoms with Gasteiger partial charge >= 0.3 is 5.97 Å². The zero-order chi connectivity index (χ0) is 13.2. The summed E-state index contributed by atoms with van der Waals surface area (Å²) in [6.45, 7) is 3.41. The highest BCUT2D eigenvalue weighted by Crippen LogP contribution is 2.32. The third-order valence-corrected chi connectivity index (χ3v) is 3.23. The summed E-state index contributed by atoms with van der Waals surface area (Å²) in [6.07, 6.45) is 0.330. The molecular weight excluding hydrogens is 226 g/mol. The lowest BCUT2D eigenvalue weighted by atomic mass is 9.88. The van der Waals surface area contributed by atoms with Gasteiger partial charge in [-0.25, -0.2) is 10.6 Å². The molecule has 1 rings (SSSR count). The van der Waals surface area contributed by atoms with Crippen molar-refractivity contribution in [2.75, 3.05) is 13.7 Å². The van der Waals surface area contributed by atoms with Gasteiger partial charge in [-0.15, -0.1) is 0 Å². The summed E-state index contributed by atoms with van der Waals surface area (Å²) in [4.78, 5) is 36.3. The second-order valence-electron chi connectivity index (χ2n) is 4.25. The summed E-state index contributed by atoms with van der Waals surface area (Å²) in [5.74, 6) is 3.60. The Morgan fingerprint density at radius 3 is 2.65 bits per heavy atom. The van der Waals surface area contributed by atoms with Gasteiger partial charge in [0.05, 0.1) is 7.11 Å². The standard InChI is InChI=1S/C10H17N3O4/c1-6(7(14)17-3)13-5-4-10(2,9(13)16)8(15)12-11/h6H,4-5,11H2,1-3H3,(H,12,15). The summed E-state index contributed by atoms with van der Waals surface area (Å²) in [5, 5.41) is 0. The molecule has 0 saturated carbocycles. The van der Waals surface area contributed by atoms with Gasteiger partial charge < -0.3 is 9.64 Å². The Balaban J connectivity index is 2.87. The molecule has 17 heavy (non-hydrogen) atoms. The van der Waals surface area contributed by atoms with Crippen LogP contribution in [-0.2, 0) is 19.1 Å². The molecule has 0 aromatic rings. The monoisotopic (exact) mass is 243 g/mol. The number of carbonyl (C=O) groups is 3. The van der Waals surface area contributed by atoms with E-state index in [2.05, 4.69) is 4.74 Å². The molecule has 0 aliphatic carbocycles. The van der Waals surface area contributed by atoms with Crippen LogP contribution in [0.4, 0.5) is 0 Å². The lowest BCUT2D eigenvalue weighted by Gasteiger charge is -2.25. The van der Waals surface area contributed by atoms with Crippen LogP contribution in [0.25, 0.3) is 0 Å². The number of rotatable bonds is 3. The van der Waals surface area contributed by atoms with Crippen LogP contribution < -0.4 is 11.3 Å². The number of ether oxygens (including phenoxy) is 1. The number of hydrogen-bond donors (Lipinski definition) is 2. The number of likely N-dealkylation sites (tertiary alicyclic amines) is 1. The van der Waals surface area contributed by atoms with E-state index in [4.69, 9.17) is 5.84 Å². The number of hydrogen-bond acceptors (Lipinski definition) is 5. The number of nitrogens with two attached hydrogens (primary N) is 1. The summed E-state index contributed by atoms with van der Waals surface area (Å²) in [7, 11) is 1.26. The molecule has 1 aliphatic rings. The van der Waals surface area contributed by atoms with Gasteiger partial charge in [0, 0.05) is 6.54 Å². The first-order valence-corrected chi connectivity index (χ1v) is 5.28. The predicted octanol–water partition coefficient (Wildman–Crippen LogP) is -1.22. The Kier molecular flexibility index (Phi) is 3.72. The molecule has 0 aromatic heterocycles. The highest BCUT2D eigenvalue weighted by Gasteiger charge is 2.50. The molecule has 1 aliphatic heterocycles. The maximum absolute atomic E-state index is 12.1. The van der Waals surface area contributed by atoms with E-state index < -0.39 is 29.2 Å². The molecule has 1 heterocycles. The number of nitrogens with zero attached hydrogens (tertiary/aromatic N) is 1. The van der Waals surface area contributed by atoms with Crippen LogP contribution in [0, 0.1) is 5.41 Å². The van der Waals surface area contributed by atoms with Crippen molar-refractivity contribution in [1.82, 2.24) is 10.3 Å². The molecular formula is C10H17N3O4. The number of amides is 2. The molecule has 0 aromatic carbocycles. The predicted molar refractivity (Wildman–Crippen MR) is 58.2 cm³/mol. The maximum atomic E-state index is 12.1. The fourth-order valence-corrected chi connectivity index (χ4v) is 1.91. The molecule has 0 bridgehead atoms. The van der Waals surface area contributed by atoms with Crippen LogP contribution in [0.15, 0.2) is 0 Å². The van der Waals surface area contributed by atoms with E-state index in [0.29, 0.717) is 13.0 Å². The molecule has 2 amide bonds. The van der Waals surface area contributed by atoms with E-state index in [1.807, 2.05) is 5.43 Å². The maximum Gasteiger partial charge on any atom is 0.328 e. The minimum atomic E-state index is -1.20. The quantitative estimate of drug-likeness (QED) is 0.213. The van der Waals surface area contributed by atoms with Crippen molar-refractivity contribution in [2.45, 2.75) is 26.3 Å². The van der Waals surface area contributed by atoms with Crippen molar-refractivity contribution in [3.8, 4) is 0 Å². The van der Waals surface area contributed by atoms with E-state index in [-0.39, 0.29) is 0 Å². The van der Waals surface area contributed by atoms with Gasteiger partial charge in [0.25, 0.3) is 0 Å². The van der Waals surface area contributed by atoms with E-state index in [9.17, 15) is 14.4 Å². The van der Waals surface area contributed by atoms with Gasteiger partial charge in [-0.3, -0.25) is 15.0 Å². The zero-order valence-electron chi connectivity index (χ0n) is 10.1. The smallest absolute Gasteiger partial charge is 0.328 e. The van der Waals surface area contributed by atoms with Crippen molar-refractivity contribution >= 4 is 17.8 Å². The van der Waals surface area contributed by atoms with Crippen LogP contribution in [-0.4, -0.2) is 42.4 Å². The minimum absolute atomic E-state index is 0.330. The molecule has 0 radical (unpaired) electrons. The lowest BCUT2D eigenvalue weighted by molar-refractivity contribution is -0.154. The number of hydrazine groups is 1. The SMILES string of the molecule is COC(=O)C(C)N1CCC(C)(C(=O)NN)C1=O. The molecule has 96 valence electrons. The first-order valence-electron chi connectivity index (χ1n) is 5.28. The van der Waals surface area contributed by atoms with Gasteiger partial charge in [-0.05, 0) is 20.3 Å². The van der Waals surface area contributed by atoms with E-state index in [1.54, 1.807) is 6.92 Å². The van der Waals surface area contributed by atoms with Crippen LogP contribution in [0.1, 0.15) is 20.3 Å². The summed E-state index contributed by atoms with van der Waals surface area (Å²) >= 11 is 0. The Bertz CT molecular complexity index is 357. The Hall–Kier alpha value is -1.63. The van der Waals surface area contributed by atoms with Gasteiger partial charge in [0.15, 0.2) is 0 Å². The molecule has 1 saturated heterocycles. The molecule has 7 nitrogen and oxygen atoms in total. The lowest BCUT2D eigenvalue weighted by Crippen LogP contribution is -2.49. The Morgan fingerprint density at radius 2 is 2.18 bits per heavy atom. The van der Waals surface area contributed by atoms with E-state index in [0.717, 1.165) is 0 Å². The van der Waals surface area contributed by atoms with Crippen LogP contribution in [0.2, 0.25) is 0 Å². The molecule has 7 heteroatoms. The van der Waals surface area contributed by atoms with Crippen LogP contribution in [0.5, 0.6) is 0 Å². The van der Waals surface area contributed by atoms with E-state index in [1.165, 1.54) is 18.9 Å². The number of carbonyl (C=O) groups excluding carboxylic acids is 3. The highest BCUT2D eigenvalue weighted by molar-refractivity contribution is 6.06. The van der Waals surface area contributed by atoms with E-state index >= 15 is 0 Å². The topological polar surface area (TPSA) is 102 Å². The summed E-state index contributed by atoms with van der Waals surface area (Å²) in [6, 6.07) is -0.695. The third kappa shape index (κ3) is 2.10. The molecule has 2 atom stereocenters. The fraction of sp³-hybridized carbons (Fsp3) is 0.700. The highest BCUT2D eigenvalue weighted by atomic mass is 16.5. The Labute approximate surface area is 99.2 Å². The molecule has 3 N–H and O–H groups in total. The summed E-state index contributed by atoms with van der Waals surface area (Å²) < 4.78 is 4.57. The zero-order valence-corrected chi connectivity index (χ0v) is 10.1. The number of methoxy groups -OCH3 is 1. The first kappa shape index (κ1) is 13.4. The number of nitrogens with one attached hydrogen (secondary N) is 1. The molecule has 1 fully saturated rings. The second-order valence-corrected chi connectivity index (χ2v) is 4.25. The Morgan fingerprint density at radius 1 is 1.59 bits per heavy atom. The second kappa shape index (κ2) is 4.70. The van der Waals surface area contributed by atoms with Gasteiger partial charge in [0.1, 0.15) is 11.5 Å². The molecule has 2 unspecified atom stereocenters.